The summed E-state index contributed by atoms with van der Waals surface area (Å²) in [6.07, 6.45) is 1.57. The highest BCUT2D eigenvalue weighted by Gasteiger charge is 2.03. The van der Waals surface area contributed by atoms with Gasteiger partial charge in [0.15, 0.2) is 0 Å². The third kappa shape index (κ3) is 2.39. The molecule has 2 rings (SSSR count). The Bertz CT molecular complexity index is 599. The molecule has 0 aliphatic carbocycles. The topological polar surface area (TPSA) is 84.1 Å². The predicted molar refractivity (Wildman–Crippen MR) is 66.8 cm³/mol. The fraction of sp³-hybridized carbons (Fsp3) is 0.0833. The highest BCUT2D eigenvalue weighted by molar-refractivity contribution is 5.80. The zero-order valence-electron chi connectivity index (χ0n) is 9.34. The van der Waals surface area contributed by atoms with Gasteiger partial charge in [0, 0.05) is 11.6 Å². The number of nitrogens with one attached hydrogen (secondary N) is 1. The van der Waals surface area contributed by atoms with Gasteiger partial charge in [0.1, 0.15) is 0 Å². The molecule has 17 heavy (non-hydrogen) atoms. The van der Waals surface area contributed by atoms with Gasteiger partial charge in [-0.1, -0.05) is 24.3 Å². The van der Waals surface area contributed by atoms with Gasteiger partial charge in [-0.15, -0.1) is 0 Å². The third-order valence-electron chi connectivity index (χ3n) is 2.41. The van der Waals surface area contributed by atoms with Gasteiger partial charge in [-0.3, -0.25) is 4.79 Å². The average Bonchev–Trinajstić information content (AvgIpc) is 2.31. The first-order chi connectivity index (χ1) is 8.20. The van der Waals surface area contributed by atoms with Crippen molar-refractivity contribution in [1.29, 1.82) is 0 Å². The van der Waals surface area contributed by atoms with E-state index in [0.717, 1.165) is 22.4 Å². The molecule has 0 aliphatic rings. The zero-order chi connectivity index (χ0) is 12.3. The Morgan fingerprint density at radius 2 is 2.06 bits per heavy atom. The van der Waals surface area contributed by atoms with Crippen molar-refractivity contribution in [3.05, 3.63) is 51.8 Å². The van der Waals surface area contributed by atoms with Crippen molar-refractivity contribution in [1.82, 2.24) is 10.2 Å². The molecule has 0 aliphatic heterocycles. The van der Waals surface area contributed by atoms with Crippen molar-refractivity contribution < 1.29 is 0 Å². The summed E-state index contributed by atoms with van der Waals surface area (Å²) >= 11 is 0. The lowest BCUT2D eigenvalue weighted by Gasteiger charge is -2.03. The molecule has 0 bridgehead atoms. The number of nitrogens with zero attached hydrogens (tertiary/aromatic N) is 2. The number of rotatable bonds is 2. The second-order valence-corrected chi connectivity index (χ2v) is 3.66. The summed E-state index contributed by atoms with van der Waals surface area (Å²) in [4.78, 5) is 11.1. The maximum atomic E-state index is 11.1. The summed E-state index contributed by atoms with van der Waals surface area (Å²) in [5.74, 6) is 5.07. The minimum absolute atomic E-state index is 0.196. The Morgan fingerprint density at radius 3 is 2.65 bits per heavy atom. The Balaban J connectivity index is 2.43. The lowest BCUT2D eigenvalue weighted by molar-refractivity contribution is 0.981. The number of benzene rings is 1. The normalized spacial score (nSPS) is 10.9. The molecule has 0 spiro atoms. The van der Waals surface area contributed by atoms with Crippen molar-refractivity contribution >= 4 is 6.21 Å². The number of aromatic amines is 1. The van der Waals surface area contributed by atoms with E-state index in [-0.39, 0.29) is 5.56 Å². The van der Waals surface area contributed by atoms with Crippen molar-refractivity contribution in [3.8, 4) is 11.3 Å². The van der Waals surface area contributed by atoms with E-state index < -0.39 is 0 Å². The van der Waals surface area contributed by atoms with Gasteiger partial charge in [0.2, 0.25) is 0 Å². The smallest absolute Gasteiger partial charge is 0.264 e. The van der Waals surface area contributed by atoms with E-state index in [2.05, 4.69) is 15.3 Å². The van der Waals surface area contributed by atoms with Gasteiger partial charge >= 0.3 is 0 Å². The van der Waals surface area contributed by atoms with Gasteiger partial charge in [-0.25, -0.2) is 5.10 Å². The van der Waals surface area contributed by atoms with Gasteiger partial charge in [-0.05, 0) is 18.1 Å². The summed E-state index contributed by atoms with van der Waals surface area (Å²) in [6, 6.07) is 9.11. The summed E-state index contributed by atoms with van der Waals surface area (Å²) in [7, 11) is 0. The molecule has 3 N–H and O–H groups in total. The SMILES string of the molecule is Cc1cc(=O)[nH]nc1-c1ccc(C=NN)cc1. The van der Waals surface area contributed by atoms with Gasteiger partial charge < -0.3 is 5.84 Å². The van der Waals surface area contributed by atoms with Crippen LogP contribution in [0.1, 0.15) is 11.1 Å². The van der Waals surface area contributed by atoms with Crippen LogP contribution >= 0.6 is 0 Å². The Morgan fingerprint density at radius 1 is 1.35 bits per heavy atom. The fourth-order valence-corrected chi connectivity index (χ4v) is 1.60. The van der Waals surface area contributed by atoms with E-state index in [0.29, 0.717) is 0 Å². The molecule has 5 nitrogen and oxygen atoms in total. The molecule has 5 heteroatoms. The molecule has 0 amide bonds. The minimum atomic E-state index is -0.196. The number of nitrogens with two attached hydrogens (primary N) is 1. The first-order valence-electron chi connectivity index (χ1n) is 5.11. The van der Waals surface area contributed by atoms with Gasteiger partial charge in [-0.2, -0.15) is 10.2 Å². The second-order valence-electron chi connectivity index (χ2n) is 3.66. The number of aryl methyl sites for hydroxylation is 1. The molecule has 2 aromatic rings. The highest BCUT2D eigenvalue weighted by Crippen LogP contribution is 2.18. The molecule has 1 aromatic carbocycles. The number of aromatic nitrogens is 2. The van der Waals surface area contributed by atoms with Crippen molar-refractivity contribution in [2.24, 2.45) is 10.9 Å². The first-order valence-corrected chi connectivity index (χ1v) is 5.11. The van der Waals surface area contributed by atoms with E-state index >= 15 is 0 Å². The summed E-state index contributed by atoms with van der Waals surface area (Å²) in [5.41, 5.74) is 3.26. The van der Waals surface area contributed by atoms with Gasteiger partial charge in [0.05, 0.1) is 11.9 Å². The van der Waals surface area contributed by atoms with Crippen molar-refractivity contribution in [2.45, 2.75) is 6.92 Å². The van der Waals surface area contributed by atoms with Crippen LogP contribution in [-0.4, -0.2) is 16.4 Å². The molecule has 1 aromatic heterocycles. The zero-order valence-corrected chi connectivity index (χ0v) is 9.34. The van der Waals surface area contributed by atoms with Gasteiger partial charge in [0.25, 0.3) is 5.56 Å². The maximum Gasteiger partial charge on any atom is 0.264 e. The van der Waals surface area contributed by atoms with E-state index in [1.54, 1.807) is 6.21 Å². The van der Waals surface area contributed by atoms with E-state index in [4.69, 9.17) is 5.84 Å². The average molecular weight is 228 g/mol. The van der Waals surface area contributed by atoms with E-state index in [1.165, 1.54) is 6.07 Å². The van der Waals surface area contributed by atoms with Crippen LogP contribution in [0.5, 0.6) is 0 Å². The molecule has 86 valence electrons. The van der Waals surface area contributed by atoms with Crippen LogP contribution < -0.4 is 11.4 Å². The Kier molecular flexibility index (Phi) is 3.00. The maximum absolute atomic E-state index is 11.1. The van der Waals surface area contributed by atoms with Crippen LogP contribution in [0.15, 0.2) is 40.2 Å². The summed E-state index contributed by atoms with van der Waals surface area (Å²) in [6.45, 7) is 1.85. The quantitative estimate of drug-likeness (QED) is 0.457. The highest BCUT2D eigenvalue weighted by atomic mass is 16.1. The third-order valence-corrected chi connectivity index (χ3v) is 2.41. The Hall–Kier alpha value is -2.43. The van der Waals surface area contributed by atoms with Crippen LogP contribution in [0.3, 0.4) is 0 Å². The molecule has 0 fully saturated rings. The minimum Gasteiger partial charge on any atom is -0.323 e. The lowest BCUT2D eigenvalue weighted by atomic mass is 10.1. The first kappa shape index (κ1) is 11.1. The molecular weight excluding hydrogens is 216 g/mol. The largest absolute Gasteiger partial charge is 0.323 e. The van der Waals surface area contributed by atoms with Crippen LogP contribution in [0.2, 0.25) is 0 Å². The molecular formula is C12H12N4O. The molecule has 1 heterocycles. The van der Waals surface area contributed by atoms with E-state index in [1.807, 2.05) is 31.2 Å². The monoisotopic (exact) mass is 228 g/mol. The van der Waals surface area contributed by atoms with E-state index in [9.17, 15) is 4.79 Å². The molecule has 0 unspecified atom stereocenters. The molecule has 0 atom stereocenters. The number of hydrogen-bond acceptors (Lipinski definition) is 4. The van der Waals surface area contributed by atoms with Crippen LogP contribution in [0.25, 0.3) is 11.3 Å². The van der Waals surface area contributed by atoms with Crippen LogP contribution in [0, 0.1) is 6.92 Å². The predicted octanol–water partition coefficient (Wildman–Crippen LogP) is 1.04. The van der Waals surface area contributed by atoms with Crippen LogP contribution in [0.4, 0.5) is 0 Å². The second kappa shape index (κ2) is 4.61. The molecule has 0 radical (unpaired) electrons. The lowest BCUT2D eigenvalue weighted by Crippen LogP contribution is -2.08. The number of hydrogen-bond donors (Lipinski definition) is 2. The Labute approximate surface area is 98.0 Å². The summed E-state index contributed by atoms with van der Waals surface area (Å²) < 4.78 is 0. The molecule has 0 saturated carbocycles. The van der Waals surface area contributed by atoms with Crippen molar-refractivity contribution in [2.75, 3.05) is 0 Å². The van der Waals surface area contributed by atoms with Crippen LogP contribution in [-0.2, 0) is 0 Å². The van der Waals surface area contributed by atoms with Crippen molar-refractivity contribution in [3.63, 3.8) is 0 Å². The number of hydrazone groups is 1. The fourth-order valence-electron chi connectivity index (χ4n) is 1.60. The number of H-pyrrole nitrogens is 1. The standard InChI is InChI=1S/C12H12N4O/c1-8-6-11(17)15-16-12(8)10-4-2-9(3-5-10)7-14-13/h2-7H,13H2,1H3,(H,15,17). The molecule has 0 saturated heterocycles. The summed E-state index contributed by atoms with van der Waals surface area (Å²) in [5, 5.41) is 9.90.